The second kappa shape index (κ2) is 3.69. The minimum absolute atomic E-state index is 0.335. The van der Waals surface area contributed by atoms with Crippen molar-refractivity contribution in [3.05, 3.63) is 47.8 Å². The first kappa shape index (κ1) is 9.65. The molecule has 0 saturated carbocycles. The fourth-order valence-corrected chi connectivity index (χ4v) is 1.55. The molecule has 2 rings (SSSR count). The zero-order valence-corrected chi connectivity index (χ0v) is 8.16. The van der Waals surface area contributed by atoms with Crippen molar-refractivity contribution >= 4 is 16.7 Å². The van der Waals surface area contributed by atoms with Crippen molar-refractivity contribution in [1.29, 1.82) is 0 Å². The van der Waals surface area contributed by atoms with Crippen LogP contribution in [0.25, 0.3) is 10.8 Å². The maximum absolute atomic E-state index is 13.4. The lowest BCUT2D eigenvalue weighted by Gasteiger charge is -2.04. The van der Waals surface area contributed by atoms with Gasteiger partial charge in [0.25, 0.3) is 0 Å². The molecular weight excluding hydrogens is 195 g/mol. The summed E-state index contributed by atoms with van der Waals surface area (Å²) in [6, 6.07) is 9.53. The smallest absolute Gasteiger partial charge is 0.338 e. The quantitative estimate of drug-likeness (QED) is 0.667. The Hall–Kier alpha value is -1.90. The number of methoxy groups -OCH3 is 1. The Morgan fingerprint density at radius 1 is 1.13 bits per heavy atom. The maximum atomic E-state index is 13.4. The Labute approximate surface area is 86.3 Å². The van der Waals surface area contributed by atoms with E-state index >= 15 is 0 Å². The minimum atomic E-state index is -0.453. The molecule has 0 aliphatic carbocycles. The van der Waals surface area contributed by atoms with Gasteiger partial charge in [-0.25, -0.2) is 9.18 Å². The molecule has 0 fully saturated rings. The van der Waals surface area contributed by atoms with Gasteiger partial charge in [-0.05, 0) is 17.5 Å². The molecule has 0 atom stereocenters. The highest BCUT2D eigenvalue weighted by Crippen LogP contribution is 2.22. The normalized spacial score (nSPS) is 10.3. The highest BCUT2D eigenvalue weighted by Gasteiger charge is 2.11. The van der Waals surface area contributed by atoms with E-state index in [1.807, 2.05) is 0 Å². The molecule has 0 bridgehead atoms. The molecule has 0 heterocycles. The first-order valence-corrected chi connectivity index (χ1v) is 4.49. The van der Waals surface area contributed by atoms with Crippen LogP contribution in [-0.4, -0.2) is 13.1 Å². The van der Waals surface area contributed by atoms with E-state index in [1.165, 1.54) is 19.2 Å². The molecule has 0 N–H and O–H groups in total. The summed E-state index contributed by atoms with van der Waals surface area (Å²) < 4.78 is 18.0. The molecule has 76 valence electrons. The van der Waals surface area contributed by atoms with Gasteiger partial charge in [0, 0.05) is 5.39 Å². The molecule has 0 spiro atoms. The summed E-state index contributed by atoms with van der Waals surface area (Å²) in [5.41, 5.74) is 0.384. The van der Waals surface area contributed by atoms with Crippen molar-refractivity contribution in [3.8, 4) is 0 Å². The van der Waals surface area contributed by atoms with Gasteiger partial charge in [-0.1, -0.05) is 24.3 Å². The number of carbonyl (C=O) groups is 1. The molecular formula is C12H9FO2. The van der Waals surface area contributed by atoms with E-state index in [9.17, 15) is 9.18 Å². The molecule has 3 heteroatoms. The Morgan fingerprint density at radius 2 is 1.80 bits per heavy atom. The summed E-state index contributed by atoms with van der Waals surface area (Å²) in [7, 11) is 1.31. The summed E-state index contributed by atoms with van der Waals surface area (Å²) in [4.78, 5) is 11.4. The van der Waals surface area contributed by atoms with Crippen LogP contribution < -0.4 is 0 Å². The lowest BCUT2D eigenvalue weighted by molar-refractivity contribution is 0.0603. The monoisotopic (exact) mass is 204 g/mol. The van der Waals surface area contributed by atoms with E-state index in [0.29, 0.717) is 16.3 Å². The lowest BCUT2D eigenvalue weighted by atomic mass is 10.0. The topological polar surface area (TPSA) is 26.3 Å². The number of rotatable bonds is 1. The van der Waals surface area contributed by atoms with Crippen molar-refractivity contribution in [3.63, 3.8) is 0 Å². The fourth-order valence-electron chi connectivity index (χ4n) is 1.55. The van der Waals surface area contributed by atoms with Crippen molar-refractivity contribution in [1.82, 2.24) is 0 Å². The Balaban J connectivity index is 2.77. The van der Waals surface area contributed by atoms with Gasteiger partial charge in [0.15, 0.2) is 0 Å². The average Bonchev–Trinajstić information content (AvgIpc) is 2.29. The zero-order valence-electron chi connectivity index (χ0n) is 8.16. The number of carbonyl (C=O) groups excluding carboxylic acids is 1. The van der Waals surface area contributed by atoms with Crippen LogP contribution in [0.4, 0.5) is 4.39 Å². The van der Waals surface area contributed by atoms with Crippen LogP contribution in [0.15, 0.2) is 36.4 Å². The van der Waals surface area contributed by atoms with Crippen LogP contribution in [0.5, 0.6) is 0 Å². The van der Waals surface area contributed by atoms with Gasteiger partial charge in [0.05, 0.1) is 12.7 Å². The number of benzene rings is 2. The largest absolute Gasteiger partial charge is 0.465 e. The third-order valence-electron chi connectivity index (χ3n) is 2.28. The van der Waals surface area contributed by atoms with Gasteiger partial charge >= 0.3 is 5.97 Å². The fraction of sp³-hybridized carbons (Fsp3) is 0.0833. The number of ether oxygens (including phenoxy) is 1. The van der Waals surface area contributed by atoms with Crippen LogP contribution in [0.3, 0.4) is 0 Å². The standard InChI is InChI=1S/C12H9FO2/c1-15-12(14)10-6-7-11(13)9-5-3-2-4-8(9)10/h2-7H,1H3. The molecule has 0 aliphatic heterocycles. The average molecular weight is 204 g/mol. The lowest BCUT2D eigenvalue weighted by Crippen LogP contribution is -2.02. The van der Waals surface area contributed by atoms with Gasteiger partial charge in [-0.15, -0.1) is 0 Å². The van der Waals surface area contributed by atoms with Crippen molar-refractivity contribution in [2.75, 3.05) is 7.11 Å². The summed E-state index contributed by atoms with van der Waals surface area (Å²) >= 11 is 0. The molecule has 0 amide bonds. The molecule has 0 saturated heterocycles. The Bertz CT molecular complexity index is 520. The molecule has 0 aromatic heterocycles. The van der Waals surface area contributed by atoms with E-state index in [2.05, 4.69) is 4.74 Å². The molecule has 2 aromatic rings. The molecule has 2 aromatic carbocycles. The van der Waals surface area contributed by atoms with Crippen LogP contribution in [-0.2, 0) is 4.74 Å². The molecule has 0 unspecified atom stereocenters. The van der Waals surface area contributed by atoms with Gasteiger partial charge in [-0.2, -0.15) is 0 Å². The van der Waals surface area contributed by atoms with Crippen LogP contribution >= 0.6 is 0 Å². The predicted octanol–water partition coefficient (Wildman–Crippen LogP) is 2.77. The van der Waals surface area contributed by atoms with Crippen LogP contribution in [0.1, 0.15) is 10.4 Å². The third kappa shape index (κ3) is 1.56. The minimum Gasteiger partial charge on any atom is -0.465 e. The van der Waals surface area contributed by atoms with Crippen molar-refractivity contribution < 1.29 is 13.9 Å². The number of esters is 1. The van der Waals surface area contributed by atoms with Gasteiger partial charge < -0.3 is 4.74 Å². The Kier molecular flexibility index (Phi) is 2.37. The second-order valence-electron chi connectivity index (χ2n) is 3.13. The van der Waals surface area contributed by atoms with Gasteiger partial charge in [-0.3, -0.25) is 0 Å². The van der Waals surface area contributed by atoms with Gasteiger partial charge in [0.2, 0.25) is 0 Å². The zero-order chi connectivity index (χ0) is 10.8. The van der Waals surface area contributed by atoms with Gasteiger partial charge in [0.1, 0.15) is 5.82 Å². The number of hydrogen-bond donors (Lipinski definition) is 0. The number of fused-ring (bicyclic) bond motifs is 1. The summed E-state index contributed by atoms with van der Waals surface area (Å²) in [6.07, 6.45) is 0. The van der Waals surface area contributed by atoms with E-state index in [1.54, 1.807) is 24.3 Å². The highest BCUT2D eigenvalue weighted by atomic mass is 19.1. The van der Waals surface area contributed by atoms with Crippen LogP contribution in [0, 0.1) is 5.82 Å². The molecule has 2 nitrogen and oxygen atoms in total. The number of halogens is 1. The van der Waals surface area contributed by atoms with Crippen LogP contribution in [0.2, 0.25) is 0 Å². The summed E-state index contributed by atoms with van der Waals surface area (Å²) in [5, 5.41) is 1.00. The maximum Gasteiger partial charge on any atom is 0.338 e. The third-order valence-corrected chi connectivity index (χ3v) is 2.28. The number of hydrogen-bond acceptors (Lipinski definition) is 2. The molecule has 15 heavy (non-hydrogen) atoms. The van der Waals surface area contributed by atoms with E-state index in [-0.39, 0.29) is 5.82 Å². The van der Waals surface area contributed by atoms with Crippen molar-refractivity contribution in [2.24, 2.45) is 0 Å². The Morgan fingerprint density at radius 3 is 2.47 bits per heavy atom. The first-order chi connectivity index (χ1) is 7.24. The van der Waals surface area contributed by atoms with E-state index in [4.69, 9.17) is 0 Å². The SMILES string of the molecule is COC(=O)c1ccc(F)c2ccccc12. The summed E-state index contributed by atoms with van der Waals surface area (Å²) in [6.45, 7) is 0. The van der Waals surface area contributed by atoms with E-state index in [0.717, 1.165) is 0 Å². The van der Waals surface area contributed by atoms with Crippen molar-refractivity contribution in [2.45, 2.75) is 0 Å². The first-order valence-electron chi connectivity index (χ1n) is 4.49. The van der Waals surface area contributed by atoms with E-state index < -0.39 is 5.97 Å². The molecule has 0 radical (unpaired) electrons. The summed E-state index contributed by atoms with van der Waals surface area (Å²) in [5.74, 6) is -0.788. The highest BCUT2D eigenvalue weighted by molar-refractivity contribution is 6.04. The second-order valence-corrected chi connectivity index (χ2v) is 3.13. The predicted molar refractivity (Wildman–Crippen MR) is 55.2 cm³/mol. The molecule has 0 aliphatic rings.